The highest BCUT2D eigenvalue weighted by Gasteiger charge is 2.18. The first-order valence-corrected chi connectivity index (χ1v) is 4.89. The van der Waals surface area contributed by atoms with Gasteiger partial charge in [-0.1, -0.05) is 11.6 Å². The van der Waals surface area contributed by atoms with E-state index in [4.69, 9.17) is 16.3 Å². The molecule has 0 saturated heterocycles. The van der Waals surface area contributed by atoms with E-state index in [0.29, 0.717) is 5.02 Å². The van der Waals surface area contributed by atoms with Crippen molar-refractivity contribution in [1.82, 2.24) is 0 Å². The molecule has 4 heteroatoms. The van der Waals surface area contributed by atoms with Crippen LogP contribution in [-0.4, -0.2) is 13.7 Å². The predicted octanol–water partition coefficient (Wildman–Crippen LogP) is 3.25. The van der Waals surface area contributed by atoms with Crippen molar-refractivity contribution in [2.45, 2.75) is 12.5 Å². The van der Waals surface area contributed by atoms with Crippen LogP contribution in [-0.2, 0) is 0 Å². The van der Waals surface area contributed by atoms with Crippen molar-refractivity contribution in [3.63, 3.8) is 0 Å². The minimum absolute atomic E-state index is 0.114. The van der Waals surface area contributed by atoms with Gasteiger partial charge in [0.05, 0.1) is 13.7 Å². The van der Waals surface area contributed by atoms with Gasteiger partial charge in [0, 0.05) is 10.6 Å². The molecule has 1 heterocycles. The summed E-state index contributed by atoms with van der Waals surface area (Å²) >= 11 is 5.92. The second-order valence-corrected chi connectivity index (χ2v) is 3.61. The van der Waals surface area contributed by atoms with Gasteiger partial charge in [-0.2, -0.15) is 10.2 Å². The van der Waals surface area contributed by atoms with Gasteiger partial charge in [0.25, 0.3) is 0 Å². The molecule has 74 valence electrons. The smallest absolute Gasteiger partial charge is 0.124 e. The molecule has 14 heavy (non-hydrogen) atoms. The molecule has 1 aromatic rings. The van der Waals surface area contributed by atoms with Gasteiger partial charge in [0.15, 0.2) is 0 Å². The number of hydrogen-bond donors (Lipinski definition) is 0. The van der Waals surface area contributed by atoms with Gasteiger partial charge in [-0.25, -0.2) is 0 Å². The molecule has 0 aliphatic carbocycles. The van der Waals surface area contributed by atoms with Crippen LogP contribution in [0, 0.1) is 0 Å². The van der Waals surface area contributed by atoms with Crippen LogP contribution in [0.2, 0.25) is 5.02 Å². The van der Waals surface area contributed by atoms with E-state index >= 15 is 0 Å². The average Bonchev–Trinajstić information content (AvgIpc) is 2.70. The van der Waals surface area contributed by atoms with E-state index in [1.165, 1.54) is 0 Å². The molecule has 1 unspecified atom stereocenters. The summed E-state index contributed by atoms with van der Waals surface area (Å²) in [5, 5.41) is 8.83. The second kappa shape index (κ2) is 3.96. The molecule has 3 nitrogen and oxygen atoms in total. The number of methoxy groups -OCH3 is 1. The van der Waals surface area contributed by atoms with Crippen LogP contribution in [0.4, 0.5) is 0 Å². The molecule has 0 radical (unpaired) electrons. The normalized spacial score (nSPS) is 20.0. The number of azo groups is 1. The van der Waals surface area contributed by atoms with E-state index in [1.807, 2.05) is 18.2 Å². The summed E-state index contributed by atoms with van der Waals surface area (Å²) in [4.78, 5) is 0. The third-order valence-electron chi connectivity index (χ3n) is 2.27. The summed E-state index contributed by atoms with van der Waals surface area (Å²) in [5.41, 5.74) is 1.03. The Kier molecular flexibility index (Phi) is 2.68. The van der Waals surface area contributed by atoms with Crippen LogP contribution in [0.5, 0.6) is 5.75 Å². The zero-order valence-corrected chi connectivity index (χ0v) is 8.66. The van der Waals surface area contributed by atoms with Gasteiger partial charge in [-0.05, 0) is 24.6 Å². The van der Waals surface area contributed by atoms with E-state index in [-0.39, 0.29) is 6.04 Å². The van der Waals surface area contributed by atoms with E-state index in [2.05, 4.69) is 10.2 Å². The maximum absolute atomic E-state index is 5.92. The topological polar surface area (TPSA) is 34.0 Å². The predicted molar refractivity (Wildman–Crippen MR) is 55.1 cm³/mol. The summed E-state index contributed by atoms with van der Waals surface area (Å²) in [6.45, 7) is 0.792. The molecule has 0 aromatic heterocycles. The zero-order chi connectivity index (χ0) is 9.97. The quantitative estimate of drug-likeness (QED) is 0.738. The molecule has 2 rings (SSSR count). The Labute approximate surface area is 87.7 Å². The highest BCUT2D eigenvalue weighted by molar-refractivity contribution is 6.30. The number of halogens is 1. The Hall–Kier alpha value is -1.09. The summed E-state index contributed by atoms with van der Waals surface area (Å²) in [7, 11) is 1.65. The SMILES string of the molecule is COc1ccc(Cl)cc1C1CCN=N1. The van der Waals surface area contributed by atoms with Crippen LogP contribution >= 0.6 is 11.6 Å². The molecule has 1 aliphatic rings. The lowest BCUT2D eigenvalue weighted by molar-refractivity contribution is 0.406. The summed E-state index contributed by atoms with van der Waals surface area (Å²) in [6, 6.07) is 5.69. The fraction of sp³-hybridized carbons (Fsp3) is 0.400. The lowest BCUT2D eigenvalue weighted by atomic mass is 10.0. The van der Waals surface area contributed by atoms with Gasteiger partial charge in [0.1, 0.15) is 11.8 Å². The molecule has 0 bridgehead atoms. The fourth-order valence-electron chi connectivity index (χ4n) is 1.58. The van der Waals surface area contributed by atoms with Crippen LogP contribution in [0.25, 0.3) is 0 Å². The van der Waals surface area contributed by atoms with E-state index < -0.39 is 0 Å². The fourth-order valence-corrected chi connectivity index (χ4v) is 1.76. The highest BCUT2D eigenvalue weighted by atomic mass is 35.5. The molecule has 0 saturated carbocycles. The largest absolute Gasteiger partial charge is 0.496 e. The van der Waals surface area contributed by atoms with Crippen molar-refractivity contribution in [1.29, 1.82) is 0 Å². The second-order valence-electron chi connectivity index (χ2n) is 3.17. The third-order valence-corrected chi connectivity index (χ3v) is 2.51. The minimum atomic E-state index is 0.114. The van der Waals surface area contributed by atoms with Crippen molar-refractivity contribution < 1.29 is 4.74 Å². The Bertz CT molecular complexity index is 365. The van der Waals surface area contributed by atoms with Crippen molar-refractivity contribution in [2.24, 2.45) is 10.2 Å². The summed E-state index contributed by atoms with van der Waals surface area (Å²) in [5.74, 6) is 0.834. The van der Waals surface area contributed by atoms with Crippen molar-refractivity contribution in [3.05, 3.63) is 28.8 Å². The molecule has 1 aromatic carbocycles. The maximum atomic E-state index is 5.92. The maximum Gasteiger partial charge on any atom is 0.124 e. The van der Waals surface area contributed by atoms with Crippen LogP contribution in [0.1, 0.15) is 18.0 Å². The van der Waals surface area contributed by atoms with Gasteiger partial charge in [-0.15, -0.1) is 0 Å². The van der Waals surface area contributed by atoms with Gasteiger partial charge in [0.2, 0.25) is 0 Å². The Morgan fingerprint density at radius 3 is 3.00 bits per heavy atom. The molecule has 0 fully saturated rings. The van der Waals surface area contributed by atoms with Crippen LogP contribution in [0.3, 0.4) is 0 Å². The van der Waals surface area contributed by atoms with Crippen LogP contribution in [0.15, 0.2) is 28.4 Å². The number of benzene rings is 1. The van der Waals surface area contributed by atoms with Crippen molar-refractivity contribution in [3.8, 4) is 5.75 Å². The molecule has 1 atom stereocenters. The van der Waals surface area contributed by atoms with E-state index in [9.17, 15) is 0 Å². The average molecular weight is 211 g/mol. The first-order chi connectivity index (χ1) is 6.81. The summed E-state index contributed by atoms with van der Waals surface area (Å²) < 4.78 is 5.25. The van der Waals surface area contributed by atoms with Crippen LogP contribution < -0.4 is 4.74 Å². The highest BCUT2D eigenvalue weighted by Crippen LogP contribution is 2.34. The minimum Gasteiger partial charge on any atom is -0.496 e. The lowest BCUT2D eigenvalue weighted by Gasteiger charge is -2.11. The monoisotopic (exact) mass is 210 g/mol. The Morgan fingerprint density at radius 1 is 1.50 bits per heavy atom. The molecule has 1 aliphatic heterocycles. The lowest BCUT2D eigenvalue weighted by Crippen LogP contribution is -1.96. The molecule has 0 N–H and O–H groups in total. The molecular formula is C10H11ClN2O. The molecule has 0 spiro atoms. The van der Waals surface area contributed by atoms with Crippen molar-refractivity contribution >= 4 is 11.6 Å². The van der Waals surface area contributed by atoms with E-state index in [0.717, 1.165) is 24.3 Å². The first-order valence-electron chi connectivity index (χ1n) is 4.51. The number of hydrogen-bond acceptors (Lipinski definition) is 3. The zero-order valence-electron chi connectivity index (χ0n) is 7.90. The van der Waals surface area contributed by atoms with Crippen molar-refractivity contribution in [2.75, 3.05) is 13.7 Å². The van der Waals surface area contributed by atoms with Gasteiger partial charge in [-0.3, -0.25) is 0 Å². The Morgan fingerprint density at radius 2 is 2.36 bits per heavy atom. The van der Waals surface area contributed by atoms with E-state index in [1.54, 1.807) is 7.11 Å². The Balaban J connectivity index is 2.38. The molecular weight excluding hydrogens is 200 g/mol. The summed E-state index contributed by atoms with van der Waals surface area (Å²) in [6.07, 6.45) is 0.941. The number of nitrogens with zero attached hydrogens (tertiary/aromatic N) is 2. The number of rotatable bonds is 2. The number of ether oxygens (including phenoxy) is 1. The first kappa shape index (κ1) is 9.46. The third kappa shape index (κ3) is 1.73. The van der Waals surface area contributed by atoms with Gasteiger partial charge >= 0.3 is 0 Å². The van der Waals surface area contributed by atoms with Gasteiger partial charge < -0.3 is 4.74 Å². The standard InChI is InChI=1S/C10H11ClN2O/c1-14-10-3-2-7(11)6-8(10)9-4-5-12-13-9/h2-3,6,9H,4-5H2,1H3. The molecule has 0 amide bonds.